The Balaban J connectivity index is 1.91. The molecule has 1 N–H and O–H groups in total. The molecule has 1 unspecified atom stereocenters. The molecule has 2 heterocycles. The van der Waals surface area contributed by atoms with Crippen LogP contribution in [0.4, 0.5) is 8.78 Å². The topological polar surface area (TPSA) is 95.7 Å². The van der Waals surface area contributed by atoms with Gasteiger partial charge < -0.3 is 13.9 Å². The number of aromatic nitrogens is 2. The van der Waals surface area contributed by atoms with E-state index in [0.29, 0.717) is 17.7 Å². The van der Waals surface area contributed by atoms with E-state index >= 15 is 0 Å². The van der Waals surface area contributed by atoms with Gasteiger partial charge in [0.05, 0.1) is 5.70 Å². The lowest BCUT2D eigenvalue weighted by Crippen LogP contribution is -2.23. The van der Waals surface area contributed by atoms with Crippen molar-refractivity contribution in [1.29, 1.82) is 0 Å². The molecule has 2 aromatic rings. The van der Waals surface area contributed by atoms with Crippen LogP contribution in [0.15, 0.2) is 35.1 Å². The molecule has 1 aliphatic rings. The van der Waals surface area contributed by atoms with Crippen LogP contribution >= 0.6 is 0 Å². The van der Waals surface area contributed by atoms with Crippen molar-refractivity contribution in [2.75, 3.05) is 0 Å². The van der Waals surface area contributed by atoms with Gasteiger partial charge >= 0.3 is 12.6 Å². The highest BCUT2D eigenvalue weighted by molar-refractivity contribution is 5.75. The van der Waals surface area contributed by atoms with Gasteiger partial charge in [0.15, 0.2) is 17.1 Å². The number of benzene rings is 1. The highest BCUT2D eigenvalue weighted by Crippen LogP contribution is 2.37. The maximum Gasteiger partial charge on any atom is 0.387 e. The largest absolute Gasteiger partial charge is 0.431 e. The van der Waals surface area contributed by atoms with Crippen LogP contribution in [0.25, 0.3) is 5.70 Å². The highest BCUT2D eigenvalue weighted by atomic mass is 19.3. The van der Waals surface area contributed by atoms with Gasteiger partial charge in [-0.3, -0.25) is 15.1 Å². The van der Waals surface area contributed by atoms with Crippen molar-refractivity contribution >= 4 is 11.7 Å². The number of hydrogen-bond donors (Lipinski definition) is 1. The smallest absolute Gasteiger partial charge is 0.387 e. The molecule has 0 fully saturated rings. The Morgan fingerprint density at radius 1 is 1.37 bits per heavy atom. The van der Waals surface area contributed by atoms with Gasteiger partial charge in [0.2, 0.25) is 6.39 Å². The number of esters is 1. The van der Waals surface area contributed by atoms with Gasteiger partial charge in [-0.1, -0.05) is 6.92 Å². The number of carbonyl (C=O) groups excluding carboxylic acids is 1. The Bertz CT molecular complexity index is 841. The van der Waals surface area contributed by atoms with Gasteiger partial charge in [-0.15, -0.1) is 10.2 Å². The van der Waals surface area contributed by atoms with Crippen molar-refractivity contribution in [3.05, 3.63) is 42.1 Å². The molecule has 1 aromatic carbocycles. The van der Waals surface area contributed by atoms with Gasteiger partial charge in [-0.25, -0.2) is 0 Å². The number of rotatable bonds is 7. The second-order valence-electron chi connectivity index (χ2n) is 5.88. The lowest BCUT2D eigenvalue weighted by Gasteiger charge is -2.14. The Morgan fingerprint density at radius 3 is 2.85 bits per heavy atom. The van der Waals surface area contributed by atoms with Crippen molar-refractivity contribution in [2.24, 2.45) is 0 Å². The van der Waals surface area contributed by atoms with Gasteiger partial charge in [-0.05, 0) is 37.6 Å². The van der Waals surface area contributed by atoms with E-state index in [1.54, 1.807) is 19.9 Å². The van der Waals surface area contributed by atoms with Gasteiger partial charge in [0, 0.05) is 12.0 Å². The van der Waals surface area contributed by atoms with Crippen LogP contribution in [0.1, 0.15) is 38.1 Å². The maximum absolute atomic E-state index is 12.6. The SMILES string of the molecule is CCCC(=O)Oc1cc(C2=CC(C)(c3nnco3)ON2)ccc1OC(F)F. The molecule has 0 spiro atoms. The first kappa shape index (κ1) is 18.8. The molecule has 27 heavy (non-hydrogen) atoms. The zero-order chi connectivity index (χ0) is 19.4. The molecule has 10 heteroatoms. The van der Waals surface area contributed by atoms with E-state index in [2.05, 4.69) is 20.4 Å². The number of nitrogens with zero attached hydrogens (tertiary/aromatic N) is 2. The quantitative estimate of drug-likeness (QED) is 0.577. The van der Waals surface area contributed by atoms with E-state index in [0.717, 1.165) is 0 Å². The number of ether oxygens (including phenoxy) is 2. The van der Waals surface area contributed by atoms with Crippen molar-refractivity contribution < 1.29 is 32.3 Å². The summed E-state index contributed by atoms with van der Waals surface area (Å²) in [6.45, 7) is 0.459. The number of carbonyl (C=O) groups is 1. The number of hydroxylamine groups is 1. The van der Waals surface area contributed by atoms with Crippen molar-refractivity contribution in [3.8, 4) is 11.5 Å². The molecule has 0 bridgehead atoms. The molecule has 8 nitrogen and oxygen atoms in total. The number of nitrogens with one attached hydrogen (secondary N) is 1. The van der Waals surface area contributed by atoms with E-state index in [1.807, 2.05) is 0 Å². The molecule has 0 saturated heterocycles. The molecular weight excluding hydrogens is 364 g/mol. The first-order chi connectivity index (χ1) is 12.9. The van der Waals surface area contributed by atoms with Crippen LogP contribution in [0, 0.1) is 0 Å². The first-order valence-corrected chi connectivity index (χ1v) is 8.14. The zero-order valence-corrected chi connectivity index (χ0v) is 14.6. The molecule has 0 amide bonds. The van der Waals surface area contributed by atoms with Crippen LogP contribution in [0.5, 0.6) is 11.5 Å². The normalized spacial score (nSPS) is 18.9. The van der Waals surface area contributed by atoms with E-state index < -0.39 is 18.2 Å². The average molecular weight is 381 g/mol. The van der Waals surface area contributed by atoms with Gasteiger partial charge in [0.1, 0.15) is 0 Å². The minimum absolute atomic E-state index is 0.111. The average Bonchev–Trinajstić information content (AvgIpc) is 3.27. The first-order valence-electron chi connectivity index (χ1n) is 8.14. The van der Waals surface area contributed by atoms with E-state index in [1.165, 1.54) is 24.6 Å². The van der Waals surface area contributed by atoms with Gasteiger partial charge in [0.25, 0.3) is 5.89 Å². The summed E-state index contributed by atoms with van der Waals surface area (Å²) < 4.78 is 40.0. The molecular formula is C17H17F2N3O5. The number of alkyl halides is 2. The van der Waals surface area contributed by atoms with Crippen LogP contribution in [0.3, 0.4) is 0 Å². The Morgan fingerprint density at radius 2 is 2.19 bits per heavy atom. The standard InChI is InChI=1S/C17H17F2N3O5/c1-3-4-14(23)25-13-7-10(5-6-12(13)26-16(18)19)11-8-17(2,27-22-11)15-21-20-9-24-15/h5-9,16,22H,3-4H2,1-2H3. The summed E-state index contributed by atoms with van der Waals surface area (Å²) in [7, 11) is 0. The second-order valence-corrected chi connectivity index (χ2v) is 5.88. The summed E-state index contributed by atoms with van der Waals surface area (Å²) in [5.74, 6) is -0.663. The summed E-state index contributed by atoms with van der Waals surface area (Å²) in [5, 5.41) is 7.44. The Labute approximate surface area is 153 Å². The molecule has 1 aliphatic heterocycles. The monoisotopic (exact) mass is 381 g/mol. The Hall–Kier alpha value is -3.01. The molecule has 0 saturated carbocycles. The van der Waals surface area contributed by atoms with Crippen molar-refractivity contribution in [1.82, 2.24) is 15.7 Å². The third-order valence-corrected chi connectivity index (χ3v) is 3.73. The highest BCUT2D eigenvalue weighted by Gasteiger charge is 2.37. The summed E-state index contributed by atoms with van der Waals surface area (Å²) >= 11 is 0. The van der Waals surface area contributed by atoms with Crippen LogP contribution in [0.2, 0.25) is 0 Å². The lowest BCUT2D eigenvalue weighted by atomic mass is 10.0. The van der Waals surface area contributed by atoms with Crippen LogP contribution in [-0.2, 0) is 15.2 Å². The summed E-state index contributed by atoms with van der Waals surface area (Å²) in [6.07, 6.45) is 3.57. The van der Waals surface area contributed by atoms with Crippen molar-refractivity contribution in [3.63, 3.8) is 0 Å². The van der Waals surface area contributed by atoms with E-state index in [4.69, 9.17) is 14.0 Å². The summed E-state index contributed by atoms with van der Waals surface area (Å²) in [6, 6.07) is 4.23. The molecule has 0 aliphatic carbocycles. The third kappa shape index (κ3) is 4.22. The minimum atomic E-state index is -3.05. The third-order valence-electron chi connectivity index (χ3n) is 3.73. The van der Waals surface area contributed by atoms with Crippen molar-refractivity contribution in [2.45, 2.75) is 38.9 Å². The molecule has 3 rings (SSSR count). The predicted molar refractivity (Wildman–Crippen MR) is 87.5 cm³/mol. The van der Waals surface area contributed by atoms with Crippen LogP contribution < -0.4 is 15.0 Å². The maximum atomic E-state index is 12.6. The minimum Gasteiger partial charge on any atom is -0.431 e. The Kier molecular flexibility index (Phi) is 5.36. The van der Waals surface area contributed by atoms with Gasteiger partial charge in [-0.2, -0.15) is 8.78 Å². The molecule has 1 aromatic heterocycles. The zero-order valence-electron chi connectivity index (χ0n) is 14.6. The fraction of sp³-hybridized carbons (Fsp3) is 0.353. The lowest BCUT2D eigenvalue weighted by molar-refractivity contribution is -0.134. The fourth-order valence-corrected chi connectivity index (χ4v) is 2.46. The molecule has 0 radical (unpaired) electrons. The summed E-state index contributed by atoms with van der Waals surface area (Å²) in [4.78, 5) is 17.3. The van der Waals surface area contributed by atoms with E-state index in [9.17, 15) is 13.6 Å². The summed E-state index contributed by atoms with van der Waals surface area (Å²) in [5.41, 5.74) is 2.74. The predicted octanol–water partition coefficient (Wildman–Crippen LogP) is 3.17. The number of halogens is 2. The van der Waals surface area contributed by atoms with E-state index in [-0.39, 0.29) is 23.8 Å². The second kappa shape index (κ2) is 7.70. The molecule has 1 atom stereocenters. The fourth-order valence-electron chi connectivity index (χ4n) is 2.46. The molecule has 144 valence electrons. The number of hydrogen-bond acceptors (Lipinski definition) is 8. The van der Waals surface area contributed by atoms with Crippen LogP contribution in [-0.4, -0.2) is 22.8 Å².